The van der Waals surface area contributed by atoms with Crippen LogP contribution in [0.15, 0.2) is 5.16 Å². The van der Waals surface area contributed by atoms with Gasteiger partial charge in [0, 0.05) is 5.54 Å². The maximum Gasteiger partial charge on any atom is 0.231 e. The minimum atomic E-state index is -0.586. The summed E-state index contributed by atoms with van der Waals surface area (Å²) in [5, 5.41) is 14.6. The third-order valence-corrected chi connectivity index (χ3v) is 3.37. The van der Waals surface area contributed by atoms with Gasteiger partial charge in [0.15, 0.2) is 5.84 Å². The van der Waals surface area contributed by atoms with Gasteiger partial charge in [-0.25, -0.2) is 0 Å². The number of carbonyl (C=O) groups is 1. The van der Waals surface area contributed by atoms with E-state index in [0.29, 0.717) is 0 Å². The lowest BCUT2D eigenvalue weighted by atomic mass is 9.90. The quantitative estimate of drug-likeness (QED) is 0.287. The van der Waals surface area contributed by atoms with Crippen molar-refractivity contribution < 1.29 is 10.0 Å². The zero-order valence-electron chi connectivity index (χ0n) is 11.4. The van der Waals surface area contributed by atoms with Gasteiger partial charge in [-0.1, -0.05) is 32.9 Å². The lowest BCUT2D eigenvalue weighted by Gasteiger charge is -2.31. The molecule has 0 aliphatic rings. The number of amides is 1. The highest BCUT2D eigenvalue weighted by atomic mass is 16.4. The van der Waals surface area contributed by atoms with E-state index in [9.17, 15) is 4.79 Å². The van der Waals surface area contributed by atoms with Crippen molar-refractivity contribution in [2.75, 3.05) is 0 Å². The van der Waals surface area contributed by atoms with Gasteiger partial charge in [0.25, 0.3) is 0 Å². The van der Waals surface area contributed by atoms with E-state index in [0.717, 1.165) is 12.8 Å². The Morgan fingerprint density at radius 3 is 2.18 bits per heavy atom. The molecule has 0 radical (unpaired) electrons. The van der Waals surface area contributed by atoms with Crippen LogP contribution < -0.4 is 11.1 Å². The fraction of sp³-hybridized carbons (Fsp3) is 0.833. The number of nitrogens with one attached hydrogen (secondary N) is 1. The van der Waals surface area contributed by atoms with E-state index in [1.165, 1.54) is 0 Å². The van der Waals surface area contributed by atoms with Gasteiger partial charge < -0.3 is 16.3 Å². The summed E-state index contributed by atoms with van der Waals surface area (Å²) in [4.78, 5) is 12.1. The average molecular weight is 243 g/mol. The van der Waals surface area contributed by atoms with Crippen LogP contribution in [0.3, 0.4) is 0 Å². The number of hydrogen-bond donors (Lipinski definition) is 3. The van der Waals surface area contributed by atoms with E-state index in [2.05, 4.69) is 10.5 Å². The summed E-state index contributed by atoms with van der Waals surface area (Å²) < 4.78 is 0. The molecule has 0 aliphatic carbocycles. The van der Waals surface area contributed by atoms with Crippen molar-refractivity contribution >= 4 is 11.7 Å². The fourth-order valence-electron chi connectivity index (χ4n) is 1.64. The number of hydrogen-bond acceptors (Lipinski definition) is 3. The van der Waals surface area contributed by atoms with E-state index in [4.69, 9.17) is 10.9 Å². The molecule has 0 aromatic rings. The minimum Gasteiger partial charge on any atom is -0.409 e. The molecule has 0 saturated carbocycles. The third kappa shape index (κ3) is 4.24. The zero-order chi connectivity index (χ0) is 13.6. The first kappa shape index (κ1) is 15.7. The van der Waals surface area contributed by atoms with Crippen molar-refractivity contribution in [1.82, 2.24) is 5.32 Å². The maximum atomic E-state index is 12.1. The molecular formula is C12H25N3O2. The van der Waals surface area contributed by atoms with Crippen LogP contribution in [-0.4, -0.2) is 22.5 Å². The topological polar surface area (TPSA) is 87.7 Å². The Morgan fingerprint density at radius 2 is 1.88 bits per heavy atom. The van der Waals surface area contributed by atoms with Gasteiger partial charge in [0.2, 0.25) is 5.91 Å². The first-order valence-corrected chi connectivity index (χ1v) is 6.10. The van der Waals surface area contributed by atoms with Gasteiger partial charge in [0.1, 0.15) is 5.92 Å². The molecule has 0 rings (SSSR count). The first-order valence-electron chi connectivity index (χ1n) is 6.10. The van der Waals surface area contributed by atoms with E-state index in [1.54, 1.807) is 0 Å². The number of carbonyl (C=O) groups excluding carboxylic acids is 1. The van der Waals surface area contributed by atoms with Crippen LogP contribution in [0.2, 0.25) is 0 Å². The minimum absolute atomic E-state index is 0.0103. The predicted molar refractivity (Wildman–Crippen MR) is 68.9 cm³/mol. The van der Waals surface area contributed by atoms with Crippen molar-refractivity contribution in [2.45, 2.75) is 53.0 Å². The Morgan fingerprint density at radius 1 is 1.41 bits per heavy atom. The third-order valence-electron chi connectivity index (χ3n) is 3.37. The van der Waals surface area contributed by atoms with Crippen LogP contribution in [0.1, 0.15) is 47.5 Å². The second-order valence-corrected chi connectivity index (χ2v) is 5.00. The number of rotatable bonds is 6. The second-order valence-electron chi connectivity index (χ2n) is 5.00. The van der Waals surface area contributed by atoms with Crippen molar-refractivity contribution in [2.24, 2.45) is 22.7 Å². The predicted octanol–water partition coefficient (Wildman–Crippen LogP) is 1.70. The van der Waals surface area contributed by atoms with E-state index in [-0.39, 0.29) is 23.2 Å². The Labute approximate surface area is 103 Å². The highest BCUT2D eigenvalue weighted by Crippen LogP contribution is 2.17. The normalized spacial score (nSPS) is 14.8. The van der Waals surface area contributed by atoms with Crippen LogP contribution in [-0.2, 0) is 4.79 Å². The summed E-state index contributed by atoms with van der Waals surface area (Å²) >= 11 is 0. The Hall–Kier alpha value is -1.26. The number of nitrogens with zero attached hydrogens (tertiary/aromatic N) is 1. The molecule has 0 saturated heterocycles. The molecule has 0 heterocycles. The zero-order valence-corrected chi connectivity index (χ0v) is 11.4. The molecule has 0 bridgehead atoms. The summed E-state index contributed by atoms with van der Waals surface area (Å²) in [5.41, 5.74) is 5.32. The summed E-state index contributed by atoms with van der Waals surface area (Å²) in [7, 11) is 0. The monoisotopic (exact) mass is 243 g/mol. The van der Waals surface area contributed by atoms with Gasteiger partial charge in [-0.2, -0.15) is 0 Å². The van der Waals surface area contributed by atoms with E-state index < -0.39 is 5.92 Å². The molecule has 0 aliphatic heterocycles. The van der Waals surface area contributed by atoms with E-state index in [1.807, 2.05) is 34.6 Å². The molecule has 0 spiro atoms. The molecule has 1 unspecified atom stereocenters. The average Bonchev–Trinajstić information content (AvgIpc) is 2.28. The molecule has 1 atom stereocenters. The first-order chi connectivity index (χ1) is 7.81. The maximum absolute atomic E-state index is 12.1. The number of amidine groups is 1. The molecule has 17 heavy (non-hydrogen) atoms. The Kier molecular flexibility index (Phi) is 5.99. The molecule has 0 aromatic carbocycles. The highest BCUT2D eigenvalue weighted by molar-refractivity contribution is 6.02. The summed E-state index contributed by atoms with van der Waals surface area (Å²) in [6, 6.07) is 0. The van der Waals surface area contributed by atoms with Crippen LogP contribution in [0, 0.1) is 11.8 Å². The summed E-state index contributed by atoms with van der Waals surface area (Å²) in [5.74, 6) is -0.810. The SMILES string of the molecule is CCC(C)(CC)NC(=O)C(C(N)=NO)C(C)C. The van der Waals surface area contributed by atoms with Gasteiger partial charge in [0.05, 0.1) is 0 Å². The molecule has 100 valence electrons. The molecule has 5 nitrogen and oxygen atoms in total. The van der Waals surface area contributed by atoms with Crippen molar-refractivity contribution in [3.05, 3.63) is 0 Å². The van der Waals surface area contributed by atoms with Crippen molar-refractivity contribution in [1.29, 1.82) is 0 Å². The lowest BCUT2D eigenvalue weighted by Crippen LogP contribution is -2.51. The van der Waals surface area contributed by atoms with Gasteiger partial charge >= 0.3 is 0 Å². The molecule has 0 aromatic heterocycles. The van der Waals surface area contributed by atoms with Crippen LogP contribution >= 0.6 is 0 Å². The summed E-state index contributed by atoms with van der Waals surface area (Å²) in [6.07, 6.45) is 1.69. The molecule has 5 heteroatoms. The number of nitrogens with two attached hydrogens (primary N) is 1. The molecule has 0 fully saturated rings. The highest BCUT2D eigenvalue weighted by Gasteiger charge is 2.31. The lowest BCUT2D eigenvalue weighted by molar-refractivity contribution is -0.126. The van der Waals surface area contributed by atoms with Gasteiger partial charge in [-0.3, -0.25) is 4.79 Å². The fourth-order valence-corrected chi connectivity index (χ4v) is 1.64. The molecule has 4 N–H and O–H groups in total. The second kappa shape index (κ2) is 6.47. The standard InChI is InChI=1S/C12H25N3O2/c1-6-12(5,7-2)14-11(16)9(8(3)4)10(13)15-17/h8-9,17H,6-7H2,1-5H3,(H2,13,15)(H,14,16). The van der Waals surface area contributed by atoms with Crippen molar-refractivity contribution in [3.63, 3.8) is 0 Å². The van der Waals surface area contributed by atoms with Gasteiger partial charge in [-0.05, 0) is 25.7 Å². The van der Waals surface area contributed by atoms with Crippen LogP contribution in [0.25, 0.3) is 0 Å². The van der Waals surface area contributed by atoms with Gasteiger partial charge in [-0.15, -0.1) is 0 Å². The van der Waals surface area contributed by atoms with Crippen LogP contribution in [0.4, 0.5) is 0 Å². The Bertz CT molecular complexity index is 283. The molecule has 1 amide bonds. The van der Waals surface area contributed by atoms with Crippen LogP contribution in [0.5, 0.6) is 0 Å². The molecular weight excluding hydrogens is 218 g/mol. The van der Waals surface area contributed by atoms with Crippen molar-refractivity contribution in [3.8, 4) is 0 Å². The Balaban J connectivity index is 4.88. The smallest absolute Gasteiger partial charge is 0.231 e. The summed E-state index contributed by atoms with van der Waals surface area (Å²) in [6.45, 7) is 9.79. The number of oxime groups is 1. The largest absolute Gasteiger partial charge is 0.409 e. The van der Waals surface area contributed by atoms with E-state index >= 15 is 0 Å².